The smallest absolute Gasteiger partial charge is 0.337 e. The summed E-state index contributed by atoms with van der Waals surface area (Å²) in [5.41, 5.74) is 2.51. The predicted molar refractivity (Wildman–Crippen MR) is 99.2 cm³/mol. The molecule has 0 atom stereocenters. The Labute approximate surface area is 152 Å². The average molecular weight is 358 g/mol. The molecule has 0 spiro atoms. The summed E-state index contributed by atoms with van der Waals surface area (Å²) in [4.78, 5) is 23.9. The topological polar surface area (TPSA) is 85.9 Å². The first-order chi connectivity index (χ1) is 12.5. The first-order valence-electron chi connectivity index (χ1n) is 7.93. The van der Waals surface area contributed by atoms with Crippen molar-refractivity contribution in [2.75, 3.05) is 38.5 Å². The van der Waals surface area contributed by atoms with E-state index in [2.05, 4.69) is 10.6 Å². The van der Waals surface area contributed by atoms with Crippen LogP contribution in [0.4, 0.5) is 11.4 Å². The van der Waals surface area contributed by atoms with Crippen LogP contribution in [0, 0.1) is 6.92 Å². The molecule has 0 aliphatic carbocycles. The minimum atomic E-state index is -0.432. The first-order valence-corrected chi connectivity index (χ1v) is 7.93. The molecule has 0 heterocycles. The number of hydrogen-bond donors (Lipinski definition) is 2. The number of hydrogen-bond acceptors (Lipinski definition) is 6. The van der Waals surface area contributed by atoms with Crippen molar-refractivity contribution in [2.45, 2.75) is 6.92 Å². The second-order valence-electron chi connectivity index (χ2n) is 5.49. The first kappa shape index (κ1) is 19.1. The van der Waals surface area contributed by atoms with Crippen molar-refractivity contribution in [3.05, 3.63) is 47.5 Å². The Balaban J connectivity index is 2.07. The van der Waals surface area contributed by atoms with Gasteiger partial charge in [0, 0.05) is 11.8 Å². The Bertz CT molecular complexity index is 805. The number of rotatable bonds is 7. The fraction of sp³-hybridized carbons (Fsp3) is 0.263. The third-order valence-electron chi connectivity index (χ3n) is 3.78. The van der Waals surface area contributed by atoms with Crippen molar-refractivity contribution < 1.29 is 23.8 Å². The van der Waals surface area contributed by atoms with Gasteiger partial charge in [0.1, 0.15) is 11.5 Å². The normalized spacial score (nSPS) is 10.0. The summed E-state index contributed by atoms with van der Waals surface area (Å²) >= 11 is 0. The predicted octanol–water partition coefficient (Wildman–Crippen LogP) is 2.85. The minimum Gasteiger partial charge on any atom is -0.497 e. The largest absolute Gasteiger partial charge is 0.497 e. The van der Waals surface area contributed by atoms with Gasteiger partial charge in [0.05, 0.1) is 39.1 Å². The van der Waals surface area contributed by atoms with E-state index >= 15 is 0 Å². The van der Waals surface area contributed by atoms with Crippen LogP contribution in [0.15, 0.2) is 36.4 Å². The number of benzene rings is 2. The van der Waals surface area contributed by atoms with Crippen LogP contribution in [0.2, 0.25) is 0 Å². The second kappa shape index (κ2) is 8.75. The number of methoxy groups -OCH3 is 3. The lowest BCUT2D eigenvalue weighted by Crippen LogP contribution is -2.22. The van der Waals surface area contributed by atoms with Crippen molar-refractivity contribution >= 4 is 23.3 Å². The molecule has 0 bridgehead atoms. The van der Waals surface area contributed by atoms with Gasteiger partial charge in [-0.1, -0.05) is 6.07 Å². The molecule has 7 nitrogen and oxygen atoms in total. The lowest BCUT2D eigenvalue weighted by Gasteiger charge is -2.13. The van der Waals surface area contributed by atoms with E-state index in [1.165, 1.54) is 14.2 Å². The van der Waals surface area contributed by atoms with E-state index in [1.54, 1.807) is 43.5 Å². The summed E-state index contributed by atoms with van der Waals surface area (Å²) in [6, 6.07) is 10.3. The quantitative estimate of drug-likeness (QED) is 0.740. The summed E-state index contributed by atoms with van der Waals surface area (Å²) in [6.07, 6.45) is 0. The molecule has 138 valence electrons. The van der Waals surface area contributed by atoms with E-state index in [-0.39, 0.29) is 12.5 Å². The number of anilines is 2. The average Bonchev–Trinajstić information content (AvgIpc) is 2.66. The van der Waals surface area contributed by atoms with Gasteiger partial charge in [0.15, 0.2) is 0 Å². The minimum absolute atomic E-state index is 0.0197. The molecule has 0 saturated heterocycles. The van der Waals surface area contributed by atoms with Crippen LogP contribution in [0.5, 0.6) is 11.5 Å². The van der Waals surface area contributed by atoms with Crippen molar-refractivity contribution in [2.24, 2.45) is 0 Å². The summed E-state index contributed by atoms with van der Waals surface area (Å²) in [5, 5.41) is 5.80. The SMILES string of the molecule is COC(=O)c1ccc(C)c(NCC(=O)Nc2cc(OC)ccc2OC)c1. The van der Waals surface area contributed by atoms with E-state index in [4.69, 9.17) is 14.2 Å². The Kier molecular flexibility index (Phi) is 6.43. The standard InChI is InChI=1S/C19H22N2O5/c1-12-5-6-13(19(23)26-4)9-15(12)20-11-18(22)21-16-10-14(24-2)7-8-17(16)25-3/h5-10,20H,11H2,1-4H3,(H,21,22). The molecular formula is C19H22N2O5. The Morgan fingerprint density at radius 1 is 0.962 bits per heavy atom. The van der Waals surface area contributed by atoms with Gasteiger partial charge >= 0.3 is 5.97 Å². The number of ether oxygens (including phenoxy) is 3. The molecule has 1 amide bonds. The van der Waals surface area contributed by atoms with E-state index < -0.39 is 5.97 Å². The number of carbonyl (C=O) groups excluding carboxylic acids is 2. The lowest BCUT2D eigenvalue weighted by molar-refractivity contribution is -0.114. The maximum atomic E-state index is 12.3. The zero-order chi connectivity index (χ0) is 19.1. The molecule has 7 heteroatoms. The molecule has 0 aliphatic rings. The highest BCUT2D eigenvalue weighted by molar-refractivity contribution is 5.96. The highest BCUT2D eigenvalue weighted by Gasteiger charge is 2.11. The van der Waals surface area contributed by atoms with E-state index in [0.717, 1.165) is 5.56 Å². The van der Waals surface area contributed by atoms with Crippen LogP contribution in [0.1, 0.15) is 15.9 Å². The van der Waals surface area contributed by atoms with Crippen LogP contribution in [-0.4, -0.2) is 39.8 Å². The van der Waals surface area contributed by atoms with Gasteiger partial charge in [0.25, 0.3) is 0 Å². The van der Waals surface area contributed by atoms with Crippen molar-refractivity contribution in [1.29, 1.82) is 0 Å². The lowest BCUT2D eigenvalue weighted by atomic mass is 10.1. The van der Waals surface area contributed by atoms with Crippen LogP contribution in [0.3, 0.4) is 0 Å². The summed E-state index contributed by atoms with van der Waals surface area (Å²) < 4.78 is 15.1. The van der Waals surface area contributed by atoms with E-state index in [0.29, 0.717) is 28.4 Å². The molecule has 2 N–H and O–H groups in total. The zero-order valence-corrected chi connectivity index (χ0v) is 15.2. The fourth-order valence-electron chi connectivity index (χ4n) is 2.34. The summed E-state index contributed by atoms with van der Waals surface area (Å²) in [5.74, 6) is 0.441. The molecule has 0 saturated carbocycles. The second-order valence-corrected chi connectivity index (χ2v) is 5.49. The molecule has 2 aromatic rings. The third-order valence-corrected chi connectivity index (χ3v) is 3.78. The summed E-state index contributed by atoms with van der Waals surface area (Å²) in [6.45, 7) is 1.90. The summed E-state index contributed by atoms with van der Waals surface area (Å²) in [7, 11) is 4.40. The van der Waals surface area contributed by atoms with Gasteiger partial charge in [-0.3, -0.25) is 4.79 Å². The molecule has 0 fully saturated rings. The number of carbonyl (C=O) groups is 2. The van der Waals surface area contributed by atoms with Gasteiger partial charge in [-0.15, -0.1) is 0 Å². The van der Waals surface area contributed by atoms with Gasteiger partial charge in [-0.05, 0) is 36.8 Å². The Hall–Kier alpha value is -3.22. The number of amides is 1. The molecule has 2 rings (SSSR count). The molecule has 2 aromatic carbocycles. The maximum absolute atomic E-state index is 12.3. The number of esters is 1. The maximum Gasteiger partial charge on any atom is 0.337 e. The number of aryl methyl sites for hydroxylation is 1. The highest BCUT2D eigenvalue weighted by Crippen LogP contribution is 2.28. The Morgan fingerprint density at radius 2 is 1.73 bits per heavy atom. The van der Waals surface area contributed by atoms with Crippen molar-refractivity contribution in [3.63, 3.8) is 0 Å². The molecular weight excluding hydrogens is 336 g/mol. The molecule has 0 aromatic heterocycles. The van der Waals surface area contributed by atoms with Gasteiger partial charge in [-0.25, -0.2) is 4.79 Å². The van der Waals surface area contributed by atoms with E-state index in [1.807, 2.05) is 6.92 Å². The highest BCUT2D eigenvalue weighted by atomic mass is 16.5. The molecule has 0 aliphatic heterocycles. The van der Waals surface area contributed by atoms with E-state index in [9.17, 15) is 9.59 Å². The van der Waals surface area contributed by atoms with Crippen molar-refractivity contribution in [3.8, 4) is 11.5 Å². The Morgan fingerprint density at radius 3 is 2.38 bits per heavy atom. The van der Waals surface area contributed by atoms with Crippen LogP contribution in [-0.2, 0) is 9.53 Å². The van der Waals surface area contributed by atoms with Crippen LogP contribution in [0.25, 0.3) is 0 Å². The van der Waals surface area contributed by atoms with Gasteiger partial charge < -0.3 is 24.8 Å². The van der Waals surface area contributed by atoms with Crippen LogP contribution < -0.4 is 20.1 Å². The monoisotopic (exact) mass is 358 g/mol. The van der Waals surface area contributed by atoms with Crippen LogP contribution >= 0.6 is 0 Å². The molecule has 26 heavy (non-hydrogen) atoms. The third kappa shape index (κ3) is 4.66. The fourth-order valence-corrected chi connectivity index (χ4v) is 2.34. The molecule has 0 unspecified atom stereocenters. The van der Waals surface area contributed by atoms with Gasteiger partial charge in [0.2, 0.25) is 5.91 Å². The molecule has 0 radical (unpaired) electrons. The van der Waals surface area contributed by atoms with Crippen molar-refractivity contribution in [1.82, 2.24) is 0 Å². The van der Waals surface area contributed by atoms with Gasteiger partial charge in [-0.2, -0.15) is 0 Å². The number of nitrogens with one attached hydrogen (secondary N) is 2. The zero-order valence-electron chi connectivity index (χ0n) is 15.2.